The zero-order chi connectivity index (χ0) is 13.4. The molecule has 1 unspecified atom stereocenters. The summed E-state index contributed by atoms with van der Waals surface area (Å²) in [5.41, 5.74) is 2.83. The Hall–Kier alpha value is -0.860. The van der Waals surface area contributed by atoms with Crippen LogP contribution in [0, 0.1) is 0 Å². The van der Waals surface area contributed by atoms with Gasteiger partial charge in [0.1, 0.15) is 0 Å². The van der Waals surface area contributed by atoms with E-state index in [9.17, 15) is 0 Å². The summed E-state index contributed by atoms with van der Waals surface area (Å²) < 4.78 is 0. The van der Waals surface area contributed by atoms with Crippen molar-refractivity contribution in [2.45, 2.75) is 39.2 Å². The molecule has 0 saturated heterocycles. The lowest BCUT2D eigenvalue weighted by atomic mass is 10.0. The molecule has 1 atom stereocenters. The summed E-state index contributed by atoms with van der Waals surface area (Å²) >= 11 is 0. The summed E-state index contributed by atoms with van der Waals surface area (Å²) in [6.45, 7) is 6.69. The van der Waals surface area contributed by atoms with Crippen LogP contribution in [0.5, 0.6) is 0 Å². The first-order chi connectivity index (χ1) is 8.63. The van der Waals surface area contributed by atoms with E-state index < -0.39 is 0 Å². The average Bonchev–Trinajstić information content (AvgIpc) is 2.35. The molecule has 0 heterocycles. The van der Waals surface area contributed by atoms with Crippen LogP contribution in [0.2, 0.25) is 0 Å². The third-order valence-electron chi connectivity index (χ3n) is 3.25. The number of hydrogen-bond acceptors (Lipinski definition) is 2. The molecule has 102 valence electrons. The fourth-order valence-corrected chi connectivity index (χ4v) is 2.09. The van der Waals surface area contributed by atoms with Crippen LogP contribution in [0.25, 0.3) is 0 Å². The van der Waals surface area contributed by atoms with Gasteiger partial charge in [-0.05, 0) is 58.1 Å². The number of nitrogens with zero attached hydrogens (tertiary/aromatic N) is 1. The van der Waals surface area contributed by atoms with E-state index in [0.717, 1.165) is 13.1 Å². The summed E-state index contributed by atoms with van der Waals surface area (Å²) in [6, 6.07) is 9.49. The molecule has 0 aromatic heterocycles. The van der Waals surface area contributed by atoms with Crippen molar-refractivity contribution in [1.82, 2.24) is 10.2 Å². The van der Waals surface area contributed by atoms with Gasteiger partial charge in [0.15, 0.2) is 0 Å². The Bertz CT molecular complexity index is 316. The van der Waals surface area contributed by atoms with Crippen molar-refractivity contribution in [2.24, 2.45) is 0 Å². The van der Waals surface area contributed by atoms with Crippen LogP contribution < -0.4 is 5.32 Å². The van der Waals surface area contributed by atoms with Crippen LogP contribution in [0.1, 0.15) is 43.9 Å². The van der Waals surface area contributed by atoms with Gasteiger partial charge in [-0.1, -0.05) is 37.6 Å². The van der Waals surface area contributed by atoms with Crippen LogP contribution >= 0.6 is 0 Å². The summed E-state index contributed by atoms with van der Waals surface area (Å²) in [5.74, 6) is 0. The minimum absolute atomic E-state index is 0.447. The van der Waals surface area contributed by atoms with Gasteiger partial charge < -0.3 is 10.2 Å². The molecule has 2 heteroatoms. The van der Waals surface area contributed by atoms with Gasteiger partial charge in [-0.25, -0.2) is 0 Å². The van der Waals surface area contributed by atoms with Crippen molar-refractivity contribution in [2.75, 3.05) is 27.2 Å². The second-order valence-corrected chi connectivity index (χ2v) is 5.32. The molecule has 0 fully saturated rings. The molecule has 0 aliphatic rings. The zero-order valence-corrected chi connectivity index (χ0v) is 12.4. The molecule has 0 bridgehead atoms. The van der Waals surface area contributed by atoms with E-state index >= 15 is 0 Å². The molecule has 0 aliphatic carbocycles. The van der Waals surface area contributed by atoms with Gasteiger partial charge in [0, 0.05) is 6.04 Å². The van der Waals surface area contributed by atoms with Gasteiger partial charge in [0.2, 0.25) is 0 Å². The fraction of sp³-hybridized carbons (Fsp3) is 0.625. The number of aryl methyl sites for hydroxylation is 1. The van der Waals surface area contributed by atoms with Crippen LogP contribution in [0.3, 0.4) is 0 Å². The van der Waals surface area contributed by atoms with Gasteiger partial charge in [0.25, 0.3) is 0 Å². The molecule has 18 heavy (non-hydrogen) atoms. The first kappa shape index (κ1) is 15.2. The molecule has 0 saturated carbocycles. The predicted molar refractivity (Wildman–Crippen MR) is 80.0 cm³/mol. The van der Waals surface area contributed by atoms with Crippen LogP contribution in [0.4, 0.5) is 0 Å². The highest BCUT2D eigenvalue weighted by molar-refractivity contribution is 5.24. The topological polar surface area (TPSA) is 15.3 Å². The van der Waals surface area contributed by atoms with Gasteiger partial charge in [0.05, 0.1) is 0 Å². The van der Waals surface area contributed by atoms with E-state index in [2.05, 4.69) is 62.4 Å². The Morgan fingerprint density at radius 3 is 2.39 bits per heavy atom. The number of nitrogens with one attached hydrogen (secondary N) is 1. The Morgan fingerprint density at radius 2 is 1.83 bits per heavy atom. The molecule has 0 spiro atoms. The Morgan fingerprint density at radius 1 is 1.17 bits per heavy atom. The zero-order valence-electron chi connectivity index (χ0n) is 12.4. The summed E-state index contributed by atoms with van der Waals surface area (Å²) in [4.78, 5) is 2.23. The van der Waals surface area contributed by atoms with E-state index in [4.69, 9.17) is 0 Å². The minimum atomic E-state index is 0.447. The van der Waals surface area contributed by atoms with Gasteiger partial charge in [-0.15, -0.1) is 0 Å². The maximum atomic E-state index is 3.58. The van der Waals surface area contributed by atoms with Crippen molar-refractivity contribution < 1.29 is 0 Å². The monoisotopic (exact) mass is 248 g/mol. The Kier molecular flexibility index (Phi) is 6.99. The molecule has 2 nitrogen and oxygen atoms in total. The third kappa shape index (κ3) is 5.65. The largest absolute Gasteiger partial charge is 0.310 e. The normalized spacial score (nSPS) is 12.9. The van der Waals surface area contributed by atoms with Crippen LogP contribution in [-0.4, -0.2) is 32.1 Å². The van der Waals surface area contributed by atoms with Crippen LogP contribution in [0.15, 0.2) is 24.3 Å². The van der Waals surface area contributed by atoms with E-state index in [-0.39, 0.29) is 0 Å². The van der Waals surface area contributed by atoms with E-state index in [1.807, 2.05) is 0 Å². The van der Waals surface area contributed by atoms with Crippen molar-refractivity contribution >= 4 is 0 Å². The van der Waals surface area contributed by atoms with E-state index in [1.165, 1.54) is 30.4 Å². The highest BCUT2D eigenvalue weighted by atomic mass is 15.1. The van der Waals surface area contributed by atoms with Crippen molar-refractivity contribution in [3.63, 3.8) is 0 Å². The lowest BCUT2D eigenvalue weighted by molar-refractivity contribution is 0.389. The number of hydrogen-bond donors (Lipinski definition) is 1. The van der Waals surface area contributed by atoms with Gasteiger partial charge in [-0.3, -0.25) is 0 Å². The predicted octanol–water partition coefficient (Wildman–Crippen LogP) is 3.24. The highest BCUT2D eigenvalue weighted by Gasteiger charge is 2.04. The lowest BCUT2D eigenvalue weighted by Crippen LogP contribution is -2.23. The standard InChI is InChI=1S/C16H28N2/c1-5-7-15-8-10-16(11-9-15)14(2)17-12-6-13-18(3)4/h8-11,14,17H,5-7,12-13H2,1-4H3. The molecule has 1 aromatic rings. The van der Waals surface area contributed by atoms with Crippen LogP contribution in [-0.2, 0) is 6.42 Å². The first-order valence-electron chi connectivity index (χ1n) is 7.10. The van der Waals surface area contributed by atoms with E-state index in [0.29, 0.717) is 6.04 Å². The lowest BCUT2D eigenvalue weighted by Gasteiger charge is -2.16. The molecule has 1 N–H and O–H groups in total. The Balaban J connectivity index is 2.34. The average molecular weight is 248 g/mol. The van der Waals surface area contributed by atoms with Gasteiger partial charge in [-0.2, -0.15) is 0 Å². The summed E-state index contributed by atoms with van der Waals surface area (Å²) in [5, 5.41) is 3.58. The maximum Gasteiger partial charge on any atom is 0.0291 e. The molecule has 0 aliphatic heterocycles. The minimum Gasteiger partial charge on any atom is -0.310 e. The molecular formula is C16H28N2. The Labute approximate surface area is 112 Å². The van der Waals surface area contributed by atoms with Crippen molar-refractivity contribution in [3.8, 4) is 0 Å². The summed E-state index contributed by atoms with van der Waals surface area (Å²) in [7, 11) is 4.24. The second-order valence-electron chi connectivity index (χ2n) is 5.32. The van der Waals surface area contributed by atoms with Gasteiger partial charge >= 0.3 is 0 Å². The SMILES string of the molecule is CCCc1ccc(C(C)NCCCN(C)C)cc1. The molecule has 0 radical (unpaired) electrons. The first-order valence-corrected chi connectivity index (χ1v) is 7.10. The fourth-order valence-electron chi connectivity index (χ4n) is 2.09. The maximum absolute atomic E-state index is 3.58. The molecule has 1 aromatic carbocycles. The van der Waals surface area contributed by atoms with Crippen molar-refractivity contribution in [1.29, 1.82) is 0 Å². The quantitative estimate of drug-likeness (QED) is 0.711. The third-order valence-corrected chi connectivity index (χ3v) is 3.25. The molecular weight excluding hydrogens is 220 g/mol. The smallest absolute Gasteiger partial charge is 0.0291 e. The van der Waals surface area contributed by atoms with E-state index in [1.54, 1.807) is 0 Å². The molecule has 0 amide bonds. The summed E-state index contributed by atoms with van der Waals surface area (Å²) in [6.07, 6.45) is 3.61. The highest BCUT2D eigenvalue weighted by Crippen LogP contribution is 2.14. The number of benzene rings is 1. The van der Waals surface area contributed by atoms with Crippen molar-refractivity contribution in [3.05, 3.63) is 35.4 Å². The molecule has 1 rings (SSSR count). The number of rotatable bonds is 8. The second kappa shape index (κ2) is 8.28.